The number of hydrogen-bond acceptors (Lipinski definition) is 3. The average molecular weight is 305 g/mol. The largest absolute Gasteiger partial charge is 0.443 e. The number of nitrogens with one attached hydrogen (secondary N) is 2. The van der Waals surface area contributed by atoms with E-state index in [1.54, 1.807) is 18.2 Å². The lowest BCUT2D eigenvalue weighted by atomic mass is 10.1. The molecule has 5 heteroatoms. The van der Waals surface area contributed by atoms with E-state index in [2.05, 4.69) is 21.4 Å². The molecular formula is C18H15N3O2. The molecule has 0 atom stereocenters. The molecule has 0 fully saturated rings. The van der Waals surface area contributed by atoms with Crippen molar-refractivity contribution in [3.05, 3.63) is 66.2 Å². The van der Waals surface area contributed by atoms with Crippen LogP contribution in [0.15, 0.2) is 59.5 Å². The van der Waals surface area contributed by atoms with Crippen LogP contribution in [0.3, 0.4) is 0 Å². The first-order valence-electron chi connectivity index (χ1n) is 7.48. The highest BCUT2D eigenvalue weighted by molar-refractivity contribution is 5.97. The summed E-state index contributed by atoms with van der Waals surface area (Å²) >= 11 is 0. The minimum absolute atomic E-state index is 0.108. The van der Waals surface area contributed by atoms with Gasteiger partial charge in [0.2, 0.25) is 0 Å². The Hall–Kier alpha value is -3.08. The Morgan fingerprint density at radius 3 is 3.09 bits per heavy atom. The second-order valence-corrected chi connectivity index (χ2v) is 5.40. The average Bonchev–Trinajstić information content (AvgIpc) is 3.21. The van der Waals surface area contributed by atoms with Crippen molar-refractivity contribution in [1.29, 1.82) is 0 Å². The van der Waals surface area contributed by atoms with Crippen molar-refractivity contribution >= 4 is 27.9 Å². The van der Waals surface area contributed by atoms with Crippen LogP contribution in [0.2, 0.25) is 0 Å². The van der Waals surface area contributed by atoms with Crippen molar-refractivity contribution in [3.8, 4) is 0 Å². The van der Waals surface area contributed by atoms with Gasteiger partial charge in [-0.25, -0.2) is 4.98 Å². The van der Waals surface area contributed by atoms with E-state index >= 15 is 0 Å². The van der Waals surface area contributed by atoms with Crippen LogP contribution in [-0.4, -0.2) is 22.4 Å². The first-order chi connectivity index (χ1) is 11.3. The molecule has 2 aromatic heterocycles. The Balaban J connectivity index is 1.43. The third-order valence-corrected chi connectivity index (χ3v) is 3.95. The van der Waals surface area contributed by atoms with Gasteiger partial charge in [-0.05, 0) is 36.2 Å². The molecule has 5 nitrogen and oxygen atoms in total. The number of oxazole rings is 1. The summed E-state index contributed by atoms with van der Waals surface area (Å²) in [6, 6.07) is 13.4. The standard InChI is InChI=1S/C18H15N3O2/c22-18(12-5-6-16-17(9-12)23-11-21-16)19-8-7-13-10-20-15-4-2-1-3-14(13)15/h1-6,9-11,20H,7-8H2,(H,19,22). The van der Waals surface area contributed by atoms with Crippen LogP contribution in [0.1, 0.15) is 15.9 Å². The lowest BCUT2D eigenvalue weighted by molar-refractivity contribution is 0.0954. The molecule has 2 heterocycles. The molecule has 0 saturated heterocycles. The van der Waals surface area contributed by atoms with Crippen LogP contribution in [0.25, 0.3) is 22.0 Å². The number of aromatic amines is 1. The van der Waals surface area contributed by atoms with Crippen molar-refractivity contribution in [3.63, 3.8) is 0 Å². The minimum atomic E-state index is -0.108. The molecule has 4 aromatic rings. The Morgan fingerprint density at radius 1 is 1.22 bits per heavy atom. The van der Waals surface area contributed by atoms with Crippen molar-refractivity contribution in [2.24, 2.45) is 0 Å². The highest BCUT2D eigenvalue weighted by atomic mass is 16.3. The molecule has 0 spiro atoms. The molecule has 2 aromatic carbocycles. The zero-order valence-electron chi connectivity index (χ0n) is 12.4. The number of para-hydroxylation sites is 1. The highest BCUT2D eigenvalue weighted by Gasteiger charge is 2.09. The minimum Gasteiger partial charge on any atom is -0.443 e. The predicted octanol–water partition coefficient (Wildman–Crippen LogP) is 3.28. The van der Waals surface area contributed by atoms with E-state index in [-0.39, 0.29) is 5.91 Å². The van der Waals surface area contributed by atoms with Crippen LogP contribution in [0.4, 0.5) is 0 Å². The van der Waals surface area contributed by atoms with Crippen LogP contribution >= 0.6 is 0 Å². The normalized spacial score (nSPS) is 11.1. The summed E-state index contributed by atoms with van der Waals surface area (Å²) in [6.45, 7) is 0.578. The summed E-state index contributed by atoms with van der Waals surface area (Å²) in [5, 5.41) is 4.14. The zero-order chi connectivity index (χ0) is 15.6. The molecule has 1 amide bonds. The first-order valence-corrected chi connectivity index (χ1v) is 7.48. The van der Waals surface area contributed by atoms with Gasteiger partial charge in [0.25, 0.3) is 5.91 Å². The van der Waals surface area contributed by atoms with Gasteiger partial charge in [-0.1, -0.05) is 18.2 Å². The fraction of sp³-hybridized carbons (Fsp3) is 0.111. The molecule has 4 rings (SSSR count). The molecule has 114 valence electrons. The summed E-state index contributed by atoms with van der Waals surface area (Å²) in [5.41, 5.74) is 4.26. The molecule has 0 aliphatic heterocycles. The van der Waals surface area contributed by atoms with Gasteiger partial charge < -0.3 is 14.7 Å². The topological polar surface area (TPSA) is 70.9 Å². The number of aromatic nitrogens is 2. The molecule has 2 N–H and O–H groups in total. The Kier molecular flexibility index (Phi) is 3.31. The summed E-state index contributed by atoms with van der Waals surface area (Å²) < 4.78 is 5.23. The van der Waals surface area contributed by atoms with Crippen molar-refractivity contribution in [2.45, 2.75) is 6.42 Å². The quantitative estimate of drug-likeness (QED) is 0.608. The Bertz CT molecular complexity index is 984. The lowest BCUT2D eigenvalue weighted by Crippen LogP contribution is -2.25. The SMILES string of the molecule is O=C(NCCc1c[nH]c2ccccc12)c1ccc2ncoc2c1. The van der Waals surface area contributed by atoms with E-state index in [0.717, 1.165) is 17.5 Å². The maximum absolute atomic E-state index is 12.2. The fourth-order valence-electron chi connectivity index (χ4n) is 2.75. The van der Waals surface area contributed by atoms with E-state index in [1.807, 2.05) is 24.4 Å². The van der Waals surface area contributed by atoms with E-state index in [0.29, 0.717) is 17.7 Å². The van der Waals surface area contributed by atoms with Gasteiger partial charge in [-0.15, -0.1) is 0 Å². The summed E-state index contributed by atoms with van der Waals surface area (Å²) in [6.07, 6.45) is 4.15. The van der Waals surface area contributed by atoms with Gasteiger partial charge >= 0.3 is 0 Å². The van der Waals surface area contributed by atoms with Gasteiger partial charge in [0.15, 0.2) is 12.0 Å². The van der Waals surface area contributed by atoms with Crippen LogP contribution in [0.5, 0.6) is 0 Å². The lowest BCUT2D eigenvalue weighted by Gasteiger charge is -2.05. The number of amides is 1. The highest BCUT2D eigenvalue weighted by Crippen LogP contribution is 2.18. The maximum Gasteiger partial charge on any atom is 0.251 e. The first kappa shape index (κ1) is 13.6. The van der Waals surface area contributed by atoms with E-state index < -0.39 is 0 Å². The molecule has 0 radical (unpaired) electrons. The molecule has 0 unspecified atom stereocenters. The number of carbonyl (C=O) groups excluding carboxylic acids is 1. The van der Waals surface area contributed by atoms with E-state index in [4.69, 9.17) is 4.42 Å². The number of nitrogens with zero attached hydrogens (tertiary/aromatic N) is 1. The third-order valence-electron chi connectivity index (χ3n) is 3.95. The van der Waals surface area contributed by atoms with Gasteiger partial charge in [0.1, 0.15) is 5.52 Å². The molecule has 0 saturated carbocycles. The number of benzene rings is 2. The molecule has 0 aliphatic rings. The van der Waals surface area contributed by atoms with Crippen LogP contribution in [-0.2, 0) is 6.42 Å². The smallest absolute Gasteiger partial charge is 0.251 e. The summed E-state index contributed by atoms with van der Waals surface area (Å²) in [7, 11) is 0. The Morgan fingerprint density at radius 2 is 2.13 bits per heavy atom. The number of hydrogen-bond donors (Lipinski definition) is 2. The van der Waals surface area contributed by atoms with Gasteiger partial charge in [-0.2, -0.15) is 0 Å². The van der Waals surface area contributed by atoms with E-state index in [1.165, 1.54) is 17.3 Å². The Labute approximate surface area is 132 Å². The summed E-state index contributed by atoms with van der Waals surface area (Å²) in [5.74, 6) is -0.108. The number of rotatable bonds is 4. The monoisotopic (exact) mass is 305 g/mol. The van der Waals surface area contributed by atoms with Gasteiger partial charge in [0, 0.05) is 29.2 Å². The number of fused-ring (bicyclic) bond motifs is 2. The van der Waals surface area contributed by atoms with Gasteiger partial charge in [-0.3, -0.25) is 4.79 Å². The van der Waals surface area contributed by atoms with Crippen molar-refractivity contribution in [2.75, 3.05) is 6.54 Å². The fourth-order valence-corrected chi connectivity index (χ4v) is 2.75. The number of H-pyrrole nitrogens is 1. The van der Waals surface area contributed by atoms with Crippen LogP contribution < -0.4 is 5.32 Å². The maximum atomic E-state index is 12.2. The second kappa shape index (κ2) is 5.61. The van der Waals surface area contributed by atoms with Crippen LogP contribution in [0, 0.1) is 0 Å². The number of carbonyl (C=O) groups is 1. The van der Waals surface area contributed by atoms with Gasteiger partial charge in [0.05, 0.1) is 0 Å². The molecule has 0 aliphatic carbocycles. The summed E-state index contributed by atoms with van der Waals surface area (Å²) in [4.78, 5) is 19.5. The zero-order valence-corrected chi connectivity index (χ0v) is 12.4. The third kappa shape index (κ3) is 2.57. The molecule has 23 heavy (non-hydrogen) atoms. The predicted molar refractivity (Wildman–Crippen MR) is 88.3 cm³/mol. The van der Waals surface area contributed by atoms with Crippen molar-refractivity contribution < 1.29 is 9.21 Å². The molecule has 0 bridgehead atoms. The van der Waals surface area contributed by atoms with E-state index in [9.17, 15) is 4.79 Å². The van der Waals surface area contributed by atoms with Crippen molar-refractivity contribution in [1.82, 2.24) is 15.3 Å². The molecular weight excluding hydrogens is 290 g/mol. The second-order valence-electron chi connectivity index (χ2n) is 5.40.